The second-order valence-corrected chi connectivity index (χ2v) is 4.71. The SMILES string of the molecule is COCc1cc(=O)[nH]c(Nc2ccc3ccccc3c2)n1. The Morgan fingerprint density at radius 1 is 1.14 bits per heavy atom. The van der Waals surface area contributed by atoms with E-state index < -0.39 is 0 Å². The van der Waals surface area contributed by atoms with Crippen molar-refractivity contribution in [1.29, 1.82) is 0 Å². The molecular weight excluding hydrogens is 266 g/mol. The van der Waals surface area contributed by atoms with Crippen molar-refractivity contribution >= 4 is 22.4 Å². The van der Waals surface area contributed by atoms with Gasteiger partial charge < -0.3 is 10.1 Å². The minimum Gasteiger partial charge on any atom is -0.378 e. The van der Waals surface area contributed by atoms with Crippen LogP contribution in [0, 0.1) is 0 Å². The van der Waals surface area contributed by atoms with E-state index >= 15 is 0 Å². The van der Waals surface area contributed by atoms with E-state index in [0.717, 1.165) is 16.5 Å². The van der Waals surface area contributed by atoms with Gasteiger partial charge in [0, 0.05) is 18.9 Å². The topological polar surface area (TPSA) is 67.0 Å². The Kier molecular flexibility index (Phi) is 3.66. The summed E-state index contributed by atoms with van der Waals surface area (Å²) in [5.41, 5.74) is 1.25. The predicted octanol–water partition coefficient (Wildman–Crippen LogP) is 2.81. The number of methoxy groups -OCH3 is 1. The molecule has 0 radical (unpaired) electrons. The van der Waals surface area contributed by atoms with Crippen molar-refractivity contribution in [2.24, 2.45) is 0 Å². The van der Waals surface area contributed by atoms with Crippen molar-refractivity contribution < 1.29 is 4.74 Å². The molecule has 3 rings (SSSR count). The first kappa shape index (κ1) is 13.3. The number of hydrogen-bond donors (Lipinski definition) is 2. The van der Waals surface area contributed by atoms with Gasteiger partial charge in [0.2, 0.25) is 5.95 Å². The van der Waals surface area contributed by atoms with Gasteiger partial charge in [-0.3, -0.25) is 9.78 Å². The maximum atomic E-state index is 11.6. The van der Waals surface area contributed by atoms with E-state index in [1.165, 1.54) is 6.07 Å². The Morgan fingerprint density at radius 2 is 1.95 bits per heavy atom. The van der Waals surface area contributed by atoms with E-state index in [0.29, 0.717) is 18.2 Å². The van der Waals surface area contributed by atoms with Crippen molar-refractivity contribution in [1.82, 2.24) is 9.97 Å². The number of anilines is 2. The highest BCUT2D eigenvalue weighted by Gasteiger charge is 2.02. The zero-order chi connectivity index (χ0) is 14.7. The lowest BCUT2D eigenvalue weighted by Gasteiger charge is -2.08. The minimum absolute atomic E-state index is 0.208. The summed E-state index contributed by atoms with van der Waals surface area (Å²) < 4.78 is 5.00. The molecule has 0 atom stereocenters. The zero-order valence-corrected chi connectivity index (χ0v) is 11.6. The summed E-state index contributed by atoms with van der Waals surface area (Å²) in [7, 11) is 1.57. The molecule has 0 amide bonds. The molecule has 1 aromatic heterocycles. The Balaban J connectivity index is 1.92. The first-order valence-corrected chi connectivity index (χ1v) is 6.59. The number of aromatic amines is 1. The zero-order valence-electron chi connectivity index (χ0n) is 11.6. The first-order chi connectivity index (χ1) is 10.2. The highest BCUT2D eigenvalue weighted by atomic mass is 16.5. The number of benzene rings is 2. The van der Waals surface area contributed by atoms with Crippen LogP contribution in [0.4, 0.5) is 11.6 Å². The molecule has 106 valence electrons. The van der Waals surface area contributed by atoms with E-state index in [1.54, 1.807) is 7.11 Å². The van der Waals surface area contributed by atoms with Crippen LogP contribution < -0.4 is 10.9 Å². The van der Waals surface area contributed by atoms with Crippen LogP contribution in [0.1, 0.15) is 5.69 Å². The summed E-state index contributed by atoms with van der Waals surface area (Å²) in [6.07, 6.45) is 0. The third-order valence-electron chi connectivity index (χ3n) is 3.10. The Bertz CT molecular complexity index is 827. The number of nitrogens with one attached hydrogen (secondary N) is 2. The molecule has 21 heavy (non-hydrogen) atoms. The van der Waals surface area contributed by atoms with Gasteiger partial charge in [0.05, 0.1) is 12.3 Å². The van der Waals surface area contributed by atoms with Crippen molar-refractivity contribution in [2.75, 3.05) is 12.4 Å². The highest BCUT2D eigenvalue weighted by Crippen LogP contribution is 2.20. The van der Waals surface area contributed by atoms with Gasteiger partial charge in [-0.25, -0.2) is 4.98 Å². The molecule has 0 unspecified atom stereocenters. The summed E-state index contributed by atoms with van der Waals surface area (Å²) in [4.78, 5) is 18.6. The van der Waals surface area contributed by atoms with Crippen LogP contribution in [0.3, 0.4) is 0 Å². The summed E-state index contributed by atoms with van der Waals surface area (Å²) in [5.74, 6) is 0.407. The van der Waals surface area contributed by atoms with Crippen LogP contribution in [0.15, 0.2) is 53.3 Å². The van der Waals surface area contributed by atoms with Crippen LogP contribution in [0.2, 0.25) is 0 Å². The third-order valence-corrected chi connectivity index (χ3v) is 3.10. The number of aromatic nitrogens is 2. The summed E-state index contributed by atoms with van der Waals surface area (Å²) in [6, 6.07) is 15.5. The van der Waals surface area contributed by atoms with E-state index in [1.807, 2.05) is 36.4 Å². The van der Waals surface area contributed by atoms with Crippen LogP contribution in [-0.4, -0.2) is 17.1 Å². The monoisotopic (exact) mass is 281 g/mol. The molecule has 0 aliphatic heterocycles. The second-order valence-electron chi connectivity index (χ2n) is 4.71. The molecule has 0 saturated heterocycles. The number of H-pyrrole nitrogens is 1. The molecule has 2 aromatic carbocycles. The second kappa shape index (κ2) is 5.76. The molecule has 2 N–H and O–H groups in total. The van der Waals surface area contributed by atoms with Crippen molar-refractivity contribution in [2.45, 2.75) is 6.61 Å². The van der Waals surface area contributed by atoms with Gasteiger partial charge in [-0.2, -0.15) is 0 Å². The van der Waals surface area contributed by atoms with Crippen LogP contribution in [0.25, 0.3) is 10.8 Å². The maximum Gasteiger partial charge on any atom is 0.252 e. The van der Waals surface area contributed by atoms with Gasteiger partial charge in [0.1, 0.15) is 0 Å². The quantitative estimate of drug-likeness (QED) is 0.771. The van der Waals surface area contributed by atoms with Gasteiger partial charge in [-0.05, 0) is 22.9 Å². The average molecular weight is 281 g/mol. The lowest BCUT2D eigenvalue weighted by atomic mass is 10.1. The van der Waals surface area contributed by atoms with E-state index in [4.69, 9.17) is 4.74 Å². The molecular formula is C16H15N3O2. The van der Waals surface area contributed by atoms with Gasteiger partial charge >= 0.3 is 0 Å². The molecule has 3 aromatic rings. The van der Waals surface area contributed by atoms with Crippen molar-refractivity contribution in [3.05, 3.63) is 64.6 Å². The lowest BCUT2D eigenvalue weighted by Crippen LogP contribution is -2.12. The molecule has 5 nitrogen and oxygen atoms in total. The van der Waals surface area contributed by atoms with Gasteiger partial charge in [0.15, 0.2) is 0 Å². The summed E-state index contributed by atoms with van der Waals surface area (Å²) >= 11 is 0. The molecule has 5 heteroatoms. The molecule has 0 spiro atoms. The standard InChI is InChI=1S/C16H15N3O2/c1-21-10-14-9-15(20)19-16(18-14)17-13-7-6-11-4-2-3-5-12(11)8-13/h2-9H,10H2,1H3,(H2,17,18,19,20). The fourth-order valence-electron chi connectivity index (χ4n) is 2.19. The number of fused-ring (bicyclic) bond motifs is 1. The normalized spacial score (nSPS) is 10.7. The fraction of sp³-hybridized carbons (Fsp3) is 0.125. The van der Waals surface area contributed by atoms with E-state index in [9.17, 15) is 4.79 Å². The van der Waals surface area contributed by atoms with Crippen LogP contribution in [0.5, 0.6) is 0 Å². The first-order valence-electron chi connectivity index (χ1n) is 6.59. The Morgan fingerprint density at radius 3 is 2.76 bits per heavy atom. The third kappa shape index (κ3) is 3.09. The average Bonchev–Trinajstić information content (AvgIpc) is 2.47. The Hall–Kier alpha value is -2.66. The largest absolute Gasteiger partial charge is 0.378 e. The summed E-state index contributed by atoms with van der Waals surface area (Å²) in [6.45, 7) is 0.302. The van der Waals surface area contributed by atoms with Crippen LogP contribution >= 0.6 is 0 Å². The highest BCUT2D eigenvalue weighted by molar-refractivity contribution is 5.86. The van der Waals surface area contributed by atoms with Gasteiger partial charge in [-0.15, -0.1) is 0 Å². The van der Waals surface area contributed by atoms with E-state index in [-0.39, 0.29) is 5.56 Å². The molecule has 0 fully saturated rings. The number of hydrogen-bond acceptors (Lipinski definition) is 4. The number of ether oxygens (including phenoxy) is 1. The van der Waals surface area contributed by atoms with Gasteiger partial charge in [-0.1, -0.05) is 30.3 Å². The van der Waals surface area contributed by atoms with Crippen LogP contribution in [-0.2, 0) is 11.3 Å². The number of nitrogens with zero attached hydrogens (tertiary/aromatic N) is 1. The van der Waals surface area contributed by atoms with Crippen molar-refractivity contribution in [3.63, 3.8) is 0 Å². The predicted molar refractivity (Wildman–Crippen MR) is 82.8 cm³/mol. The smallest absolute Gasteiger partial charge is 0.252 e. The van der Waals surface area contributed by atoms with Crippen molar-refractivity contribution in [3.8, 4) is 0 Å². The molecule has 0 saturated carbocycles. The molecule has 0 aliphatic rings. The number of rotatable bonds is 4. The molecule has 0 aliphatic carbocycles. The lowest BCUT2D eigenvalue weighted by molar-refractivity contribution is 0.181. The fourth-order valence-corrected chi connectivity index (χ4v) is 2.19. The van der Waals surface area contributed by atoms with E-state index in [2.05, 4.69) is 21.4 Å². The maximum absolute atomic E-state index is 11.6. The molecule has 1 heterocycles. The molecule has 0 bridgehead atoms. The minimum atomic E-state index is -0.208. The summed E-state index contributed by atoms with van der Waals surface area (Å²) in [5, 5.41) is 5.40. The Labute approximate surface area is 121 Å². The van der Waals surface area contributed by atoms with Gasteiger partial charge in [0.25, 0.3) is 5.56 Å².